The van der Waals surface area contributed by atoms with Gasteiger partial charge in [-0.25, -0.2) is 4.39 Å². The lowest BCUT2D eigenvalue weighted by atomic mass is 9.74. The van der Waals surface area contributed by atoms with Crippen LogP contribution in [0.5, 0.6) is 0 Å². The van der Waals surface area contributed by atoms with Gasteiger partial charge < -0.3 is 10.5 Å². The van der Waals surface area contributed by atoms with Crippen LogP contribution in [-0.4, -0.2) is 19.3 Å². The Labute approximate surface area is 102 Å². The molecule has 0 aromatic heterocycles. The zero-order valence-corrected chi connectivity index (χ0v) is 10.5. The molecule has 1 aliphatic heterocycles. The number of halogens is 1. The van der Waals surface area contributed by atoms with E-state index in [1.807, 2.05) is 19.1 Å². The maximum atomic E-state index is 13.3. The summed E-state index contributed by atoms with van der Waals surface area (Å²) in [6, 6.07) is 5.58. The van der Waals surface area contributed by atoms with E-state index in [0.717, 1.165) is 26.1 Å². The summed E-state index contributed by atoms with van der Waals surface area (Å²) >= 11 is 0. The topological polar surface area (TPSA) is 35.2 Å². The van der Waals surface area contributed by atoms with E-state index in [9.17, 15) is 4.39 Å². The van der Waals surface area contributed by atoms with Gasteiger partial charge in [-0.05, 0) is 43.9 Å². The van der Waals surface area contributed by atoms with E-state index in [0.29, 0.717) is 5.56 Å². The molecule has 1 atom stereocenters. The first-order valence-corrected chi connectivity index (χ1v) is 6.13. The number of rotatable bonds is 4. The first-order valence-electron chi connectivity index (χ1n) is 6.13. The second kappa shape index (κ2) is 4.75. The molecule has 17 heavy (non-hydrogen) atoms. The molecule has 2 nitrogen and oxygen atoms in total. The van der Waals surface area contributed by atoms with Crippen LogP contribution in [0.1, 0.15) is 30.9 Å². The molecule has 2 N–H and O–H groups in total. The van der Waals surface area contributed by atoms with Gasteiger partial charge in [-0.15, -0.1) is 0 Å². The molecule has 1 aromatic rings. The van der Waals surface area contributed by atoms with Crippen LogP contribution in [-0.2, 0) is 10.2 Å². The highest BCUT2D eigenvalue weighted by molar-refractivity contribution is 5.32. The molecule has 1 unspecified atom stereocenters. The minimum absolute atomic E-state index is 0.0616. The van der Waals surface area contributed by atoms with Gasteiger partial charge in [0.15, 0.2) is 0 Å². The Morgan fingerprint density at radius 3 is 2.65 bits per heavy atom. The fourth-order valence-corrected chi connectivity index (χ4v) is 2.28. The van der Waals surface area contributed by atoms with Crippen LogP contribution in [0, 0.1) is 12.7 Å². The minimum atomic E-state index is -0.142. The normalized spacial score (nSPS) is 19.8. The lowest BCUT2D eigenvalue weighted by molar-refractivity contribution is -0.0657. The first-order chi connectivity index (χ1) is 8.03. The Morgan fingerprint density at radius 2 is 2.18 bits per heavy atom. The predicted molar refractivity (Wildman–Crippen MR) is 66.5 cm³/mol. The average molecular weight is 237 g/mol. The zero-order chi connectivity index (χ0) is 12.5. The third-order valence-corrected chi connectivity index (χ3v) is 3.61. The van der Waals surface area contributed by atoms with E-state index in [1.165, 1.54) is 5.56 Å². The quantitative estimate of drug-likeness (QED) is 0.873. The number of benzene rings is 1. The molecule has 1 aliphatic rings. The summed E-state index contributed by atoms with van der Waals surface area (Å²) in [6.07, 6.45) is 1.98. The predicted octanol–water partition coefficient (Wildman–Crippen LogP) is 2.53. The number of nitrogens with two attached hydrogens (primary N) is 1. The van der Waals surface area contributed by atoms with Gasteiger partial charge in [0.1, 0.15) is 5.82 Å². The molecular weight excluding hydrogens is 217 g/mol. The van der Waals surface area contributed by atoms with E-state index < -0.39 is 0 Å². The lowest BCUT2D eigenvalue weighted by Gasteiger charge is -2.42. The Balaban J connectivity index is 2.19. The maximum Gasteiger partial charge on any atom is 0.126 e. The van der Waals surface area contributed by atoms with Crippen molar-refractivity contribution in [3.63, 3.8) is 0 Å². The van der Waals surface area contributed by atoms with Crippen molar-refractivity contribution in [3.05, 3.63) is 35.1 Å². The summed E-state index contributed by atoms with van der Waals surface area (Å²) in [5.74, 6) is -0.142. The van der Waals surface area contributed by atoms with Gasteiger partial charge in [0.05, 0.1) is 13.2 Å². The molecule has 0 amide bonds. The highest BCUT2D eigenvalue weighted by Gasteiger charge is 2.40. The monoisotopic (exact) mass is 237 g/mol. The molecule has 3 heteroatoms. The average Bonchev–Trinajstić information content (AvgIpc) is 2.21. The Kier molecular flexibility index (Phi) is 3.50. The zero-order valence-electron chi connectivity index (χ0n) is 10.5. The van der Waals surface area contributed by atoms with Crippen LogP contribution in [0.2, 0.25) is 0 Å². The van der Waals surface area contributed by atoms with E-state index in [2.05, 4.69) is 0 Å². The Bertz CT molecular complexity index is 399. The second-order valence-electron chi connectivity index (χ2n) is 5.25. The van der Waals surface area contributed by atoms with Crippen molar-refractivity contribution in [2.45, 2.75) is 38.1 Å². The Morgan fingerprint density at radius 1 is 1.47 bits per heavy atom. The second-order valence-corrected chi connectivity index (χ2v) is 5.25. The molecule has 1 saturated heterocycles. The summed E-state index contributed by atoms with van der Waals surface area (Å²) in [7, 11) is 0. The van der Waals surface area contributed by atoms with Gasteiger partial charge >= 0.3 is 0 Å². The van der Waals surface area contributed by atoms with Crippen LogP contribution < -0.4 is 5.73 Å². The molecule has 0 radical (unpaired) electrons. The van der Waals surface area contributed by atoms with Crippen molar-refractivity contribution in [1.29, 1.82) is 0 Å². The minimum Gasteiger partial charge on any atom is -0.379 e. The van der Waals surface area contributed by atoms with E-state index in [4.69, 9.17) is 10.5 Å². The number of ether oxygens (including phenoxy) is 1. The van der Waals surface area contributed by atoms with Crippen LogP contribution in [0.25, 0.3) is 0 Å². The first kappa shape index (κ1) is 12.5. The fraction of sp³-hybridized carbons (Fsp3) is 0.571. The molecule has 0 saturated carbocycles. The number of aryl methyl sites for hydroxylation is 1. The standard InChI is InChI=1S/C14H20FNO/c1-10-7-12(3-4-13(10)15)14(8-17-9-14)6-5-11(2)16/h3-4,7,11H,5-6,8-9,16H2,1-2H3. The number of hydrogen-bond donors (Lipinski definition) is 1. The lowest BCUT2D eigenvalue weighted by Crippen LogP contribution is -2.47. The van der Waals surface area contributed by atoms with Gasteiger partial charge in [0.2, 0.25) is 0 Å². The van der Waals surface area contributed by atoms with Crippen molar-refractivity contribution < 1.29 is 9.13 Å². The van der Waals surface area contributed by atoms with Gasteiger partial charge in [0, 0.05) is 11.5 Å². The molecule has 1 aromatic carbocycles. The maximum absolute atomic E-state index is 13.3. The molecule has 0 bridgehead atoms. The largest absolute Gasteiger partial charge is 0.379 e. The summed E-state index contributed by atoms with van der Waals surface area (Å²) < 4.78 is 18.6. The van der Waals surface area contributed by atoms with Crippen LogP contribution in [0.4, 0.5) is 4.39 Å². The van der Waals surface area contributed by atoms with E-state index >= 15 is 0 Å². The van der Waals surface area contributed by atoms with E-state index in [1.54, 1.807) is 13.0 Å². The van der Waals surface area contributed by atoms with Gasteiger partial charge in [-0.2, -0.15) is 0 Å². The summed E-state index contributed by atoms with van der Waals surface area (Å²) in [6.45, 7) is 5.27. The summed E-state index contributed by atoms with van der Waals surface area (Å²) in [5, 5.41) is 0. The van der Waals surface area contributed by atoms with Crippen LogP contribution in [0.3, 0.4) is 0 Å². The highest BCUT2D eigenvalue weighted by Crippen LogP contribution is 2.37. The SMILES string of the molecule is Cc1cc(C2(CCC(C)N)COC2)ccc1F. The van der Waals surface area contributed by atoms with Crippen LogP contribution >= 0.6 is 0 Å². The molecule has 1 fully saturated rings. The summed E-state index contributed by atoms with van der Waals surface area (Å²) in [5.41, 5.74) is 7.76. The Hall–Kier alpha value is -0.930. The summed E-state index contributed by atoms with van der Waals surface area (Å²) in [4.78, 5) is 0. The smallest absolute Gasteiger partial charge is 0.126 e. The molecular formula is C14H20FNO. The third-order valence-electron chi connectivity index (χ3n) is 3.61. The highest BCUT2D eigenvalue weighted by atomic mass is 19.1. The van der Waals surface area contributed by atoms with E-state index in [-0.39, 0.29) is 17.3 Å². The molecule has 94 valence electrons. The van der Waals surface area contributed by atoms with Crippen molar-refractivity contribution in [3.8, 4) is 0 Å². The molecule has 2 rings (SSSR count). The van der Waals surface area contributed by atoms with Crippen molar-refractivity contribution in [2.24, 2.45) is 5.73 Å². The number of hydrogen-bond acceptors (Lipinski definition) is 2. The third kappa shape index (κ3) is 2.50. The van der Waals surface area contributed by atoms with Gasteiger partial charge in [-0.3, -0.25) is 0 Å². The molecule has 0 spiro atoms. The van der Waals surface area contributed by atoms with Gasteiger partial charge in [-0.1, -0.05) is 12.1 Å². The molecule has 1 heterocycles. The fourth-order valence-electron chi connectivity index (χ4n) is 2.28. The molecule has 0 aliphatic carbocycles. The van der Waals surface area contributed by atoms with Crippen molar-refractivity contribution in [1.82, 2.24) is 0 Å². The van der Waals surface area contributed by atoms with Gasteiger partial charge in [0.25, 0.3) is 0 Å². The van der Waals surface area contributed by atoms with Crippen molar-refractivity contribution in [2.75, 3.05) is 13.2 Å². The van der Waals surface area contributed by atoms with Crippen molar-refractivity contribution >= 4 is 0 Å². The van der Waals surface area contributed by atoms with Crippen LogP contribution in [0.15, 0.2) is 18.2 Å².